The van der Waals surface area contributed by atoms with Crippen molar-refractivity contribution in [3.8, 4) is 11.8 Å². The molecule has 0 aliphatic carbocycles. The fourth-order valence-corrected chi connectivity index (χ4v) is 2.57. The maximum absolute atomic E-state index is 13.9. The van der Waals surface area contributed by atoms with E-state index >= 15 is 0 Å². The zero-order valence-electron chi connectivity index (χ0n) is 11.5. The van der Waals surface area contributed by atoms with Crippen molar-refractivity contribution in [1.29, 1.82) is 0 Å². The average molecular weight is 304 g/mol. The van der Waals surface area contributed by atoms with Gasteiger partial charge in [0.25, 0.3) is 5.91 Å². The van der Waals surface area contributed by atoms with Crippen LogP contribution in [0.5, 0.6) is 0 Å². The van der Waals surface area contributed by atoms with Crippen molar-refractivity contribution < 1.29 is 14.3 Å². The zero-order valence-corrected chi connectivity index (χ0v) is 12.3. The topological polar surface area (TPSA) is 62.2 Å². The Bertz CT molecular complexity index is 744. The zero-order chi connectivity index (χ0) is 15.4. The molecule has 0 atom stereocenters. The lowest BCUT2D eigenvalue weighted by atomic mass is 10.2. The summed E-state index contributed by atoms with van der Waals surface area (Å²) in [4.78, 5) is 16.7. The molecule has 0 saturated heterocycles. The number of carbonyl (C=O) groups is 1. The number of carbonyl (C=O) groups excluding carboxylic acids is 1. The van der Waals surface area contributed by atoms with Gasteiger partial charge in [-0.1, -0.05) is 11.8 Å². The van der Waals surface area contributed by atoms with Gasteiger partial charge in [0.15, 0.2) is 0 Å². The smallest absolute Gasteiger partial charge is 0.267 e. The number of rotatable bonds is 2. The third kappa shape index (κ3) is 3.66. The maximum atomic E-state index is 13.9. The van der Waals surface area contributed by atoms with E-state index < -0.39 is 5.82 Å². The molecule has 0 fully saturated rings. The van der Waals surface area contributed by atoms with Gasteiger partial charge in [0.05, 0.1) is 16.4 Å². The second kappa shape index (κ2) is 6.48. The van der Waals surface area contributed by atoms with Gasteiger partial charge in [-0.05, 0) is 32.0 Å². The molecule has 0 unspecified atom stereocenters. The van der Waals surface area contributed by atoms with Crippen LogP contribution in [0.15, 0.2) is 18.2 Å². The van der Waals surface area contributed by atoms with Gasteiger partial charge in [0.1, 0.15) is 17.3 Å². The van der Waals surface area contributed by atoms with Crippen LogP contribution >= 0.6 is 11.3 Å². The fraction of sp³-hybridized carbons (Fsp3) is 0.200. The molecule has 4 nitrogen and oxygen atoms in total. The number of aromatic nitrogens is 1. The van der Waals surface area contributed by atoms with Gasteiger partial charge in [0.2, 0.25) is 0 Å². The number of nitrogens with zero attached hydrogens (tertiary/aromatic N) is 1. The standard InChI is InChI=1S/C15H13FN2O2S/c1-9-14(21-10(2)17-9)15(20)18-13-6-5-11(4-3-7-19)8-12(13)16/h5-6,8,19H,7H2,1-2H3,(H,18,20). The summed E-state index contributed by atoms with van der Waals surface area (Å²) in [5.41, 5.74) is 1.14. The largest absolute Gasteiger partial charge is 0.384 e. The molecule has 0 aliphatic heterocycles. The highest BCUT2D eigenvalue weighted by atomic mass is 32.1. The highest BCUT2D eigenvalue weighted by Gasteiger charge is 2.15. The molecule has 6 heteroatoms. The number of benzene rings is 1. The molecular weight excluding hydrogens is 291 g/mol. The number of nitrogens with one attached hydrogen (secondary N) is 1. The average Bonchev–Trinajstić information content (AvgIpc) is 2.78. The summed E-state index contributed by atoms with van der Waals surface area (Å²) >= 11 is 1.27. The summed E-state index contributed by atoms with van der Waals surface area (Å²) in [5.74, 6) is 4.07. The van der Waals surface area contributed by atoms with Crippen LogP contribution in [-0.4, -0.2) is 22.6 Å². The Balaban J connectivity index is 2.20. The van der Waals surface area contributed by atoms with Crippen LogP contribution in [0.1, 0.15) is 25.9 Å². The van der Waals surface area contributed by atoms with Crippen molar-refractivity contribution >= 4 is 22.9 Å². The molecule has 108 valence electrons. The lowest BCUT2D eigenvalue weighted by molar-refractivity contribution is 0.102. The number of hydrogen-bond acceptors (Lipinski definition) is 4. The van der Waals surface area contributed by atoms with E-state index in [-0.39, 0.29) is 18.2 Å². The van der Waals surface area contributed by atoms with E-state index in [1.54, 1.807) is 13.0 Å². The first-order valence-electron chi connectivity index (χ1n) is 6.16. The molecular formula is C15H13FN2O2S. The van der Waals surface area contributed by atoms with Crippen LogP contribution in [-0.2, 0) is 0 Å². The normalized spacial score (nSPS) is 9.90. The molecule has 0 aliphatic rings. The predicted octanol–water partition coefficient (Wildman–Crippen LogP) is 2.50. The number of hydrogen-bond donors (Lipinski definition) is 2. The number of thiazole rings is 1. The second-order valence-electron chi connectivity index (χ2n) is 4.26. The van der Waals surface area contributed by atoms with Crippen LogP contribution in [0.4, 0.5) is 10.1 Å². The molecule has 2 N–H and O–H groups in total. The van der Waals surface area contributed by atoms with Gasteiger partial charge in [-0.2, -0.15) is 0 Å². The summed E-state index contributed by atoms with van der Waals surface area (Å²) in [6.07, 6.45) is 0. The first-order chi connectivity index (χ1) is 10.0. The number of amides is 1. The molecule has 2 rings (SSSR count). The summed E-state index contributed by atoms with van der Waals surface area (Å²) in [6.45, 7) is 3.26. The number of aryl methyl sites for hydroxylation is 2. The predicted molar refractivity (Wildman–Crippen MR) is 79.9 cm³/mol. The minimum absolute atomic E-state index is 0.0833. The molecule has 1 aromatic heterocycles. The van der Waals surface area contributed by atoms with Crippen LogP contribution in [0.2, 0.25) is 0 Å². The molecule has 0 radical (unpaired) electrons. The van der Waals surface area contributed by atoms with E-state index in [4.69, 9.17) is 5.11 Å². The van der Waals surface area contributed by atoms with Crippen LogP contribution < -0.4 is 5.32 Å². The fourth-order valence-electron chi connectivity index (χ4n) is 1.76. The third-order valence-corrected chi connectivity index (χ3v) is 3.71. The van der Waals surface area contributed by atoms with Gasteiger partial charge in [0, 0.05) is 5.56 Å². The Labute approximate surface area is 125 Å². The Kier molecular flexibility index (Phi) is 4.68. The molecule has 0 bridgehead atoms. The Morgan fingerprint density at radius 2 is 2.24 bits per heavy atom. The number of anilines is 1. The van der Waals surface area contributed by atoms with Crippen molar-refractivity contribution in [3.63, 3.8) is 0 Å². The first kappa shape index (κ1) is 15.2. The quantitative estimate of drug-likeness (QED) is 0.838. The monoisotopic (exact) mass is 304 g/mol. The van der Waals surface area contributed by atoms with E-state index in [1.165, 1.54) is 23.5 Å². The SMILES string of the molecule is Cc1nc(C)c(C(=O)Nc2ccc(C#CCO)cc2F)s1. The van der Waals surface area contributed by atoms with Gasteiger partial charge >= 0.3 is 0 Å². The lowest BCUT2D eigenvalue weighted by Gasteiger charge is -2.05. The Morgan fingerprint density at radius 3 is 2.81 bits per heavy atom. The highest BCUT2D eigenvalue weighted by molar-refractivity contribution is 7.13. The second-order valence-corrected chi connectivity index (χ2v) is 5.46. The van der Waals surface area contributed by atoms with Crippen molar-refractivity contribution in [3.05, 3.63) is 45.2 Å². The summed E-state index contributed by atoms with van der Waals surface area (Å²) < 4.78 is 13.9. The lowest BCUT2D eigenvalue weighted by Crippen LogP contribution is -2.12. The van der Waals surface area contributed by atoms with Crippen LogP contribution in [0.25, 0.3) is 0 Å². The van der Waals surface area contributed by atoms with Gasteiger partial charge < -0.3 is 10.4 Å². The number of halogens is 1. The van der Waals surface area contributed by atoms with E-state index in [9.17, 15) is 9.18 Å². The Hall–Kier alpha value is -2.23. The highest BCUT2D eigenvalue weighted by Crippen LogP contribution is 2.21. The summed E-state index contributed by atoms with van der Waals surface area (Å²) in [7, 11) is 0. The summed E-state index contributed by atoms with van der Waals surface area (Å²) in [5, 5.41) is 11.9. The van der Waals surface area contributed by atoms with Crippen molar-refractivity contribution in [2.75, 3.05) is 11.9 Å². The van der Waals surface area contributed by atoms with Crippen molar-refractivity contribution in [1.82, 2.24) is 4.98 Å². The molecule has 1 heterocycles. The minimum atomic E-state index is -0.577. The van der Waals surface area contributed by atoms with E-state index in [2.05, 4.69) is 22.1 Å². The van der Waals surface area contributed by atoms with Crippen molar-refractivity contribution in [2.24, 2.45) is 0 Å². The van der Waals surface area contributed by atoms with Gasteiger partial charge in [-0.3, -0.25) is 4.79 Å². The Morgan fingerprint density at radius 1 is 1.48 bits per heavy atom. The maximum Gasteiger partial charge on any atom is 0.267 e. The molecule has 1 aromatic carbocycles. The molecule has 1 amide bonds. The number of aliphatic hydroxyl groups is 1. The van der Waals surface area contributed by atoms with Crippen LogP contribution in [0.3, 0.4) is 0 Å². The third-order valence-electron chi connectivity index (χ3n) is 2.64. The first-order valence-corrected chi connectivity index (χ1v) is 6.97. The van der Waals surface area contributed by atoms with Crippen molar-refractivity contribution in [2.45, 2.75) is 13.8 Å². The minimum Gasteiger partial charge on any atom is -0.384 e. The molecule has 2 aromatic rings. The molecule has 21 heavy (non-hydrogen) atoms. The van der Waals surface area contributed by atoms with Gasteiger partial charge in [-0.25, -0.2) is 9.37 Å². The van der Waals surface area contributed by atoms with E-state index in [0.29, 0.717) is 16.1 Å². The number of aliphatic hydroxyl groups excluding tert-OH is 1. The van der Waals surface area contributed by atoms with E-state index in [1.807, 2.05) is 6.92 Å². The molecule has 0 saturated carbocycles. The van der Waals surface area contributed by atoms with Crippen LogP contribution in [0, 0.1) is 31.5 Å². The van der Waals surface area contributed by atoms with E-state index in [0.717, 1.165) is 5.01 Å². The summed E-state index contributed by atoms with van der Waals surface area (Å²) in [6, 6.07) is 4.23. The molecule has 0 spiro atoms. The van der Waals surface area contributed by atoms with Gasteiger partial charge in [-0.15, -0.1) is 11.3 Å².